The molecule has 0 saturated heterocycles. The molecule has 0 saturated carbocycles. The Morgan fingerprint density at radius 2 is 1.88 bits per heavy atom. The number of aryl methyl sites for hydroxylation is 1. The quantitative estimate of drug-likeness (QED) is 0.324. The average molecular weight is 383 g/mol. The number of benzene rings is 1. The fourth-order valence-electron chi connectivity index (χ4n) is 1.90. The van der Waals surface area contributed by atoms with Crippen LogP contribution in [0, 0.1) is 17.0 Å². The number of nitrogens with zero attached hydrogens (tertiary/aromatic N) is 2. The summed E-state index contributed by atoms with van der Waals surface area (Å²) in [7, 11) is 0. The molecule has 0 fully saturated rings. The van der Waals surface area contributed by atoms with E-state index >= 15 is 0 Å². The highest BCUT2D eigenvalue weighted by atomic mass is 35.5. The lowest BCUT2D eigenvalue weighted by Gasteiger charge is -2.11. The van der Waals surface area contributed by atoms with Crippen LogP contribution in [0.3, 0.4) is 0 Å². The predicted octanol–water partition coefficient (Wildman–Crippen LogP) is 2.66. The van der Waals surface area contributed by atoms with Crippen molar-refractivity contribution in [2.75, 3.05) is 0 Å². The fraction of sp³-hybridized carbons (Fsp3) is 0.188. The molecule has 2 rings (SSSR count). The Kier molecular flexibility index (Phi) is 7.48. The van der Waals surface area contributed by atoms with Crippen LogP contribution in [0.1, 0.15) is 28.5 Å². The summed E-state index contributed by atoms with van der Waals surface area (Å²) < 4.78 is 10.3. The Hall–Kier alpha value is -3.20. The van der Waals surface area contributed by atoms with Gasteiger partial charge in [0.05, 0.1) is 5.69 Å². The van der Waals surface area contributed by atoms with E-state index in [1.54, 1.807) is 19.1 Å². The lowest BCUT2D eigenvalue weighted by atomic mass is 10.2. The van der Waals surface area contributed by atoms with Crippen molar-refractivity contribution in [2.24, 2.45) is 0 Å². The molecular formula is C16H15ClN2O7. The van der Waals surface area contributed by atoms with Crippen LogP contribution in [0.4, 0.5) is 0 Å². The number of para-hydroxylation sites is 1. The third kappa shape index (κ3) is 5.71. The third-order valence-corrected chi connectivity index (χ3v) is 3.00. The van der Waals surface area contributed by atoms with E-state index < -0.39 is 17.0 Å². The highest BCUT2D eigenvalue weighted by molar-refractivity contribution is 5.94. The van der Waals surface area contributed by atoms with Crippen molar-refractivity contribution in [3.8, 4) is 11.5 Å². The van der Waals surface area contributed by atoms with Crippen LogP contribution in [0.2, 0.25) is 0 Å². The van der Waals surface area contributed by atoms with Gasteiger partial charge in [-0.15, -0.1) is 22.5 Å². The Bertz CT molecular complexity index is 826. The van der Waals surface area contributed by atoms with Crippen LogP contribution < -0.4 is 9.47 Å². The van der Waals surface area contributed by atoms with Gasteiger partial charge in [0.15, 0.2) is 5.75 Å². The molecule has 0 N–H and O–H groups in total. The first-order chi connectivity index (χ1) is 11.9. The summed E-state index contributed by atoms with van der Waals surface area (Å²) in [5.74, 6) is -1.14. The topological polar surface area (TPSA) is 118 Å². The minimum absolute atomic E-state index is 0. The number of esters is 2. The standard InChI is InChI=1S/C16H14N2O7.ClH/c1-10-15(7-12(8-17-10)9-23-18(21)22)25-16(20)13-5-3-4-6-14(13)24-11(2)19;/h3-8H,9H2,1-2H3;1H. The zero-order chi connectivity index (χ0) is 18.4. The van der Waals surface area contributed by atoms with Crippen molar-refractivity contribution in [2.45, 2.75) is 20.5 Å². The highest BCUT2D eigenvalue weighted by Crippen LogP contribution is 2.23. The van der Waals surface area contributed by atoms with Crippen molar-refractivity contribution in [1.29, 1.82) is 0 Å². The maximum atomic E-state index is 12.4. The second kappa shape index (κ2) is 9.33. The number of carbonyl (C=O) groups excluding carboxylic acids is 2. The van der Waals surface area contributed by atoms with E-state index in [-0.39, 0.29) is 36.1 Å². The second-order valence-corrected chi connectivity index (χ2v) is 4.90. The lowest BCUT2D eigenvalue weighted by Crippen LogP contribution is -2.13. The molecule has 10 heteroatoms. The number of halogens is 1. The van der Waals surface area contributed by atoms with E-state index in [9.17, 15) is 19.7 Å². The number of hydrogen-bond acceptors (Lipinski definition) is 8. The van der Waals surface area contributed by atoms with Gasteiger partial charge >= 0.3 is 11.9 Å². The van der Waals surface area contributed by atoms with Crippen molar-refractivity contribution in [1.82, 2.24) is 4.98 Å². The Balaban J connectivity index is 0.00000338. The van der Waals surface area contributed by atoms with Crippen molar-refractivity contribution >= 4 is 24.3 Å². The first-order valence-corrected chi connectivity index (χ1v) is 7.09. The number of rotatable bonds is 6. The van der Waals surface area contributed by atoms with Gasteiger partial charge in [-0.2, -0.15) is 0 Å². The molecule has 0 aliphatic rings. The van der Waals surface area contributed by atoms with E-state index in [1.165, 1.54) is 31.3 Å². The van der Waals surface area contributed by atoms with Crippen LogP contribution in [-0.2, 0) is 16.2 Å². The highest BCUT2D eigenvalue weighted by Gasteiger charge is 2.17. The van der Waals surface area contributed by atoms with Crippen LogP contribution in [0.15, 0.2) is 36.5 Å². The molecule has 0 radical (unpaired) electrons. The van der Waals surface area contributed by atoms with Crippen LogP contribution in [-0.4, -0.2) is 22.0 Å². The second-order valence-electron chi connectivity index (χ2n) is 4.90. The maximum Gasteiger partial charge on any atom is 0.347 e. The molecule has 0 aliphatic carbocycles. The molecule has 1 aromatic carbocycles. The molecule has 0 unspecified atom stereocenters. The number of carbonyl (C=O) groups is 2. The molecule has 138 valence electrons. The van der Waals surface area contributed by atoms with E-state index in [0.29, 0.717) is 11.3 Å². The summed E-state index contributed by atoms with van der Waals surface area (Å²) in [6, 6.07) is 7.53. The Morgan fingerprint density at radius 3 is 2.54 bits per heavy atom. The Labute approximate surface area is 154 Å². The summed E-state index contributed by atoms with van der Waals surface area (Å²) in [4.78, 5) is 42.0. The minimum atomic E-state index is -0.930. The van der Waals surface area contributed by atoms with Gasteiger partial charge < -0.3 is 14.3 Å². The van der Waals surface area contributed by atoms with Gasteiger partial charge in [-0.1, -0.05) is 12.1 Å². The first kappa shape index (κ1) is 20.8. The summed E-state index contributed by atoms with van der Waals surface area (Å²) in [5, 5.41) is 9.32. The van der Waals surface area contributed by atoms with Crippen molar-refractivity contribution in [3.05, 3.63) is 63.5 Å². The van der Waals surface area contributed by atoms with Gasteiger partial charge in [-0.05, 0) is 30.7 Å². The molecule has 0 aliphatic heterocycles. The summed E-state index contributed by atoms with van der Waals surface area (Å²) in [5.41, 5.74) is 0.825. The summed E-state index contributed by atoms with van der Waals surface area (Å²) in [6.07, 6.45) is 1.38. The number of pyridine rings is 1. The monoisotopic (exact) mass is 382 g/mol. The molecule has 9 nitrogen and oxygen atoms in total. The average Bonchev–Trinajstić information content (AvgIpc) is 2.55. The molecule has 2 aromatic rings. The fourth-order valence-corrected chi connectivity index (χ4v) is 1.90. The zero-order valence-electron chi connectivity index (χ0n) is 13.8. The van der Waals surface area contributed by atoms with E-state index in [2.05, 4.69) is 9.82 Å². The van der Waals surface area contributed by atoms with Crippen LogP contribution in [0.5, 0.6) is 11.5 Å². The molecule has 1 heterocycles. The Morgan fingerprint density at radius 1 is 1.19 bits per heavy atom. The first-order valence-electron chi connectivity index (χ1n) is 7.09. The van der Waals surface area contributed by atoms with Gasteiger partial charge in [0.1, 0.15) is 17.9 Å². The lowest BCUT2D eigenvalue weighted by molar-refractivity contribution is -0.763. The van der Waals surface area contributed by atoms with Gasteiger partial charge in [0.2, 0.25) is 0 Å². The smallest absolute Gasteiger partial charge is 0.347 e. The molecular weight excluding hydrogens is 368 g/mol. The zero-order valence-corrected chi connectivity index (χ0v) is 14.6. The van der Waals surface area contributed by atoms with Gasteiger partial charge in [0, 0.05) is 13.1 Å². The van der Waals surface area contributed by atoms with Crippen LogP contribution in [0.25, 0.3) is 0 Å². The van der Waals surface area contributed by atoms with Crippen LogP contribution >= 0.6 is 12.4 Å². The number of aromatic nitrogens is 1. The van der Waals surface area contributed by atoms with Gasteiger partial charge in [-0.25, -0.2) is 4.79 Å². The molecule has 0 bridgehead atoms. The number of hydrogen-bond donors (Lipinski definition) is 0. The molecule has 0 spiro atoms. The van der Waals surface area contributed by atoms with Gasteiger partial charge in [0.25, 0.3) is 5.09 Å². The van der Waals surface area contributed by atoms with Crippen molar-refractivity contribution < 1.29 is 29.0 Å². The summed E-state index contributed by atoms with van der Waals surface area (Å²) in [6.45, 7) is 2.50. The maximum absolute atomic E-state index is 12.4. The number of ether oxygens (including phenoxy) is 2. The molecule has 0 atom stereocenters. The summed E-state index contributed by atoms with van der Waals surface area (Å²) >= 11 is 0. The van der Waals surface area contributed by atoms with E-state index in [1.807, 2.05) is 0 Å². The third-order valence-electron chi connectivity index (χ3n) is 3.00. The molecule has 0 amide bonds. The largest absolute Gasteiger partial charge is 0.426 e. The molecule has 1 aromatic heterocycles. The SMILES string of the molecule is CC(=O)Oc1ccccc1C(=O)Oc1cc(CO[N+](=O)[O-])cnc1C.Cl. The minimum Gasteiger partial charge on any atom is -0.426 e. The van der Waals surface area contributed by atoms with E-state index in [4.69, 9.17) is 9.47 Å². The predicted molar refractivity (Wildman–Crippen MR) is 90.7 cm³/mol. The van der Waals surface area contributed by atoms with E-state index in [0.717, 1.165) is 0 Å². The molecule has 26 heavy (non-hydrogen) atoms. The van der Waals surface area contributed by atoms with Crippen molar-refractivity contribution in [3.63, 3.8) is 0 Å². The van der Waals surface area contributed by atoms with Gasteiger partial charge in [-0.3, -0.25) is 9.78 Å². The normalized spacial score (nSPS) is 9.62.